The quantitative estimate of drug-likeness (QED) is 0.778. The molecule has 7 heteroatoms. The second-order valence-corrected chi connectivity index (χ2v) is 7.64. The first-order valence-corrected chi connectivity index (χ1v) is 9.09. The Bertz CT molecular complexity index is 871. The van der Waals surface area contributed by atoms with E-state index in [2.05, 4.69) is 21.4 Å². The van der Waals surface area contributed by atoms with Crippen LogP contribution in [0.15, 0.2) is 12.1 Å². The maximum absolute atomic E-state index is 13.0. The van der Waals surface area contributed by atoms with Crippen LogP contribution in [0.3, 0.4) is 0 Å². The first kappa shape index (κ1) is 15.4. The number of amides is 1. The van der Waals surface area contributed by atoms with E-state index < -0.39 is 0 Å². The number of piperidine rings is 1. The number of aromatic nitrogens is 4. The maximum atomic E-state index is 13.0. The molecule has 0 aromatic carbocycles. The van der Waals surface area contributed by atoms with Crippen molar-refractivity contribution in [3.8, 4) is 0 Å². The molecule has 1 atom stereocenters. The number of hydrogen-bond acceptors (Lipinski definition) is 4. The first-order chi connectivity index (χ1) is 11.5. The second-order valence-electron chi connectivity index (χ2n) is 6.60. The monoisotopic (exact) mass is 343 g/mol. The van der Waals surface area contributed by atoms with E-state index in [-0.39, 0.29) is 5.91 Å². The van der Waals surface area contributed by atoms with Crippen molar-refractivity contribution in [3.05, 3.63) is 34.1 Å². The van der Waals surface area contributed by atoms with Crippen LogP contribution in [-0.2, 0) is 7.05 Å². The van der Waals surface area contributed by atoms with Crippen LogP contribution in [0.2, 0.25) is 0 Å². The highest BCUT2D eigenvalue weighted by Crippen LogP contribution is 2.31. The predicted octanol–water partition coefficient (Wildman–Crippen LogP) is 2.99. The normalized spacial score (nSPS) is 18.5. The van der Waals surface area contributed by atoms with Gasteiger partial charge in [-0.25, -0.2) is 0 Å². The van der Waals surface area contributed by atoms with Crippen LogP contribution in [0.4, 0.5) is 0 Å². The van der Waals surface area contributed by atoms with E-state index in [4.69, 9.17) is 0 Å². The second kappa shape index (κ2) is 5.73. The largest absolute Gasteiger partial charge is 0.337 e. The third kappa shape index (κ3) is 2.53. The molecule has 4 heterocycles. The van der Waals surface area contributed by atoms with Gasteiger partial charge < -0.3 is 4.90 Å². The Morgan fingerprint density at radius 3 is 2.92 bits per heavy atom. The fourth-order valence-electron chi connectivity index (χ4n) is 3.52. The molecule has 0 unspecified atom stereocenters. The van der Waals surface area contributed by atoms with E-state index in [9.17, 15) is 4.79 Å². The molecule has 1 saturated heterocycles. The van der Waals surface area contributed by atoms with Gasteiger partial charge in [0.25, 0.3) is 5.91 Å². The molecule has 0 saturated carbocycles. The fraction of sp³-hybridized carbons (Fsp3) is 0.471. The molecule has 0 spiro atoms. The van der Waals surface area contributed by atoms with Gasteiger partial charge in [-0.15, -0.1) is 11.3 Å². The van der Waals surface area contributed by atoms with Crippen LogP contribution in [0.1, 0.15) is 45.5 Å². The number of thiophene rings is 1. The van der Waals surface area contributed by atoms with Gasteiger partial charge in [0, 0.05) is 37.1 Å². The van der Waals surface area contributed by atoms with Gasteiger partial charge in [0.2, 0.25) is 0 Å². The average Bonchev–Trinajstić information content (AvgIpc) is 3.25. The van der Waals surface area contributed by atoms with Crippen molar-refractivity contribution in [1.82, 2.24) is 24.9 Å². The molecule has 3 aromatic heterocycles. The molecule has 4 rings (SSSR count). The SMILES string of the molecule is Cc1cc([C@@H]2CCCN(C(=O)c3cc4c(C)nn(C)c4s3)C2)n[nH]1. The van der Waals surface area contributed by atoms with Gasteiger partial charge in [0.15, 0.2) is 0 Å². The molecule has 1 aliphatic heterocycles. The smallest absolute Gasteiger partial charge is 0.264 e. The number of hydrogen-bond donors (Lipinski definition) is 1. The molecule has 0 aliphatic carbocycles. The number of H-pyrrole nitrogens is 1. The lowest BCUT2D eigenvalue weighted by molar-refractivity contribution is 0.0711. The highest BCUT2D eigenvalue weighted by molar-refractivity contribution is 7.20. The predicted molar refractivity (Wildman–Crippen MR) is 94.5 cm³/mol. The van der Waals surface area contributed by atoms with Crippen molar-refractivity contribution in [2.45, 2.75) is 32.6 Å². The van der Waals surface area contributed by atoms with Gasteiger partial charge in [-0.2, -0.15) is 10.2 Å². The molecule has 0 bridgehead atoms. The van der Waals surface area contributed by atoms with Crippen molar-refractivity contribution in [2.75, 3.05) is 13.1 Å². The maximum Gasteiger partial charge on any atom is 0.264 e. The first-order valence-electron chi connectivity index (χ1n) is 8.27. The zero-order chi connectivity index (χ0) is 16.8. The minimum absolute atomic E-state index is 0.132. The summed E-state index contributed by atoms with van der Waals surface area (Å²) in [6.45, 7) is 5.56. The van der Waals surface area contributed by atoms with E-state index in [0.717, 1.165) is 58.1 Å². The lowest BCUT2D eigenvalue weighted by Crippen LogP contribution is -2.38. The standard InChI is InChI=1S/C17H21N5OS/c1-10-7-14(19-18-10)12-5-4-6-22(9-12)16(23)15-8-13-11(2)20-21(3)17(13)24-15/h7-8,12H,4-6,9H2,1-3H3,(H,18,19)/t12-/m1/s1. The van der Waals surface area contributed by atoms with Crippen molar-refractivity contribution >= 4 is 27.5 Å². The zero-order valence-electron chi connectivity index (χ0n) is 14.2. The number of likely N-dealkylation sites (tertiary alicyclic amines) is 1. The van der Waals surface area contributed by atoms with E-state index in [1.807, 2.05) is 36.5 Å². The lowest BCUT2D eigenvalue weighted by Gasteiger charge is -2.31. The molecule has 3 aromatic rings. The third-order valence-corrected chi connectivity index (χ3v) is 5.95. The van der Waals surface area contributed by atoms with Crippen LogP contribution in [-0.4, -0.2) is 43.9 Å². The molecule has 6 nitrogen and oxygen atoms in total. The molecular formula is C17H21N5OS. The van der Waals surface area contributed by atoms with Gasteiger partial charge in [-0.3, -0.25) is 14.6 Å². The van der Waals surface area contributed by atoms with Crippen LogP contribution in [0.25, 0.3) is 10.2 Å². The molecule has 0 radical (unpaired) electrons. The Balaban J connectivity index is 1.57. The zero-order valence-corrected chi connectivity index (χ0v) is 15.0. The number of rotatable bonds is 2. The van der Waals surface area contributed by atoms with Gasteiger partial charge >= 0.3 is 0 Å². The Labute approximate surface area is 144 Å². The van der Waals surface area contributed by atoms with Gasteiger partial charge in [-0.05, 0) is 38.8 Å². The summed E-state index contributed by atoms with van der Waals surface area (Å²) >= 11 is 1.54. The van der Waals surface area contributed by atoms with Gasteiger partial charge in [-0.1, -0.05) is 0 Å². The van der Waals surface area contributed by atoms with Crippen molar-refractivity contribution in [2.24, 2.45) is 7.05 Å². The summed E-state index contributed by atoms with van der Waals surface area (Å²) in [5.74, 6) is 0.456. The Kier molecular flexibility index (Phi) is 3.68. The summed E-state index contributed by atoms with van der Waals surface area (Å²) in [5.41, 5.74) is 3.12. The number of aromatic amines is 1. The van der Waals surface area contributed by atoms with Crippen LogP contribution < -0.4 is 0 Å². The molecule has 24 heavy (non-hydrogen) atoms. The number of carbonyl (C=O) groups excluding carboxylic acids is 1. The van der Waals surface area contributed by atoms with E-state index in [0.29, 0.717) is 5.92 Å². The van der Waals surface area contributed by atoms with E-state index in [1.165, 1.54) is 11.3 Å². The highest BCUT2D eigenvalue weighted by atomic mass is 32.1. The number of aryl methyl sites for hydroxylation is 3. The summed E-state index contributed by atoms with van der Waals surface area (Å²) in [5, 5.41) is 12.9. The molecule has 1 fully saturated rings. The summed E-state index contributed by atoms with van der Waals surface area (Å²) in [4.78, 5) is 16.8. The fourth-order valence-corrected chi connectivity index (χ4v) is 4.61. The Hall–Kier alpha value is -2.15. The lowest BCUT2D eigenvalue weighted by atomic mass is 9.94. The summed E-state index contributed by atoms with van der Waals surface area (Å²) in [6.07, 6.45) is 2.11. The molecule has 126 valence electrons. The van der Waals surface area contributed by atoms with Gasteiger partial charge in [0.05, 0.1) is 16.3 Å². The molecular weight excluding hydrogens is 322 g/mol. The average molecular weight is 343 g/mol. The Morgan fingerprint density at radius 2 is 2.21 bits per heavy atom. The summed E-state index contributed by atoms with van der Waals surface area (Å²) in [7, 11) is 1.93. The summed E-state index contributed by atoms with van der Waals surface area (Å²) < 4.78 is 1.86. The van der Waals surface area contributed by atoms with Crippen molar-refractivity contribution in [1.29, 1.82) is 0 Å². The molecule has 1 aliphatic rings. The Morgan fingerprint density at radius 1 is 1.38 bits per heavy atom. The summed E-state index contributed by atoms with van der Waals surface area (Å²) in [6, 6.07) is 4.08. The highest BCUT2D eigenvalue weighted by Gasteiger charge is 2.28. The van der Waals surface area contributed by atoms with Crippen molar-refractivity contribution < 1.29 is 4.79 Å². The number of nitrogens with one attached hydrogen (secondary N) is 1. The van der Waals surface area contributed by atoms with Crippen molar-refractivity contribution in [3.63, 3.8) is 0 Å². The molecule has 1 amide bonds. The van der Waals surface area contributed by atoms with Crippen LogP contribution in [0.5, 0.6) is 0 Å². The topological polar surface area (TPSA) is 66.8 Å². The van der Waals surface area contributed by atoms with Gasteiger partial charge in [0.1, 0.15) is 4.83 Å². The minimum Gasteiger partial charge on any atom is -0.337 e. The van der Waals surface area contributed by atoms with E-state index >= 15 is 0 Å². The third-order valence-electron chi connectivity index (χ3n) is 4.76. The van der Waals surface area contributed by atoms with Crippen LogP contribution >= 0.6 is 11.3 Å². The number of carbonyl (C=O) groups is 1. The van der Waals surface area contributed by atoms with Crippen LogP contribution in [0, 0.1) is 13.8 Å². The number of fused-ring (bicyclic) bond motifs is 1. The van der Waals surface area contributed by atoms with E-state index in [1.54, 1.807) is 0 Å². The minimum atomic E-state index is 0.132. The number of nitrogens with zero attached hydrogens (tertiary/aromatic N) is 4. The molecule has 1 N–H and O–H groups in total.